The van der Waals surface area contributed by atoms with Gasteiger partial charge in [-0.3, -0.25) is 9.59 Å². The molecule has 7 N–H and O–H groups in total. The molecule has 12 nitrogen and oxygen atoms in total. The van der Waals surface area contributed by atoms with E-state index in [0.717, 1.165) is 0 Å². The zero-order chi connectivity index (χ0) is 19.6. The molecule has 0 spiro atoms. The van der Waals surface area contributed by atoms with Crippen LogP contribution in [0.25, 0.3) is 0 Å². The van der Waals surface area contributed by atoms with Gasteiger partial charge in [-0.15, -0.1) is 0 Å². The lowest BCUT2D eigenvalue weighted by Crippen LogP contribution is -2.69. The van der Waals surface area contributed by atoms with Crippen LogP contribution in [0.2, 0.25) is 0 Å². The normalized spacial score (nSPS) is 41.6. The summed E-state index contributed by atoms with van der Waals surface area (Å²) in [5, 5.41) is 68.4. The molecule has 1 radical (unpaired) electrons. The zero-order valence-electron chi connectivity index (χ0n) is 13.5. The van der Waals surface area contributed by atoms with Crippen LogP contribution in [0.4, 0.5) is 0 Å². The quantitative estimate of drug-likeness (QED) is 0.179. The summed E-state index contributed by atoms with van der Waals surface area (Å²) in [5.74, 6) is -2.50. The molecule has 2 aliphatic heterocycles. The molecule has 26 heavy (non-hydrogen) atoms. The average molecular weight is 381 g/mol. The first-order chi connectivity index (χ1) is 12.1. The Kier molecular flexibility index (Phi) is 6.52. The number of hydrogen-bond donors (Lipinski definition) is 7. The van der Waals surface area contributed by atoms with Gasteiger partial charge in [0.2, 0.25) is 0 Å². The smallest absolute Gasteiger partial charge is 0.317 e. The lowest BCUT2D eigenvalue weighted by Gasteiger charge is -2.49. The lowest BCUT2D eigenvalue weighted by molar-refractivity contribution is -0.281. The molecule has 2 saturated heterocycles. The van der Waals surface area contributed by atoms with E-state index in [1.165, 1.54) is 0 Å². The maximum atomic E-state index is 11.2. The highest BCUT2D eigenvalue weighted by Gasteiger charge is 2.59. The molecular formula is C14H21O12. The minimum Gasteiger partial charge on any atom is -0.481 e. The van der Waals surface area contributed by atoms with E-state index in [2.05, 4.69) is 4.74 Å². The summed E-state index contributed by atoms with van der Waals surface area (Å²) >= 11 is 0. The van der Waals surface area contributed by atoms with E-state index in [4.69, 9.17) is 14.6 Å². The van der Waals surface area contributed by atoms with Crippen molar-refractivity contribution in [2.75, 3.05) is 19.8 Å². The van der Waals surface area contributed by atoms with Gasteiger partial charge in [0.1, 0.15) is 49.7 Å². The minimum atomic E-state index is -2.40. The van der Waals surface area contributed by atoms with Gasteiger partial charge in [-0.2, -0.15) is 0 Å². The number of aliphatic hydroxyl groups excluding tert-OH is 5. The fourth-order valence-corrected chi connectivity index (χ4v) is 2.77. The Morgan fingerprint density at radius 1 is 1.15 bits per heavy atom. The van der Waals surface area contributed by atoms with E-state index >= 15 is 0 Å². The molecule has 149 valence electrons. The summed E-state index contributed by atoms with van der Waals surface area (Å²) in [6.07, 6.45) is -11.4. The van der Waals surface area contributed by atoms with Crippen LogP contribution in [0, 0.1) is 6.10 Å². The fraction of sp³-hybridized carbons (Fsp3) is 0.786. The van der Waals surface area contributed by atoms with Crippen molar-refractivity contribution in [1.82, 2.24) is 0 Å². The van der Waals surface area contributed by atoms with Gasteiger partial charge in [0.15, 0.2) is 11.7 Å². The van der Waals surface area contributed by atoms with Crippen LogP contribution >= 0.6 is 0 Å². The van der Waals surface area contributed by atoms with Crippen molar-refractivity contribution in [3.05, 3.63) is 6.10 Å². The topological polar surface area (TPSA) is 203 Å². The molecule has 0 bridgehead atoms. The Balaban J connectivity index is 2.00. The summed E-state index contributed by atoms with van der Waals surface area (Å²) in [6.45, 7) is -1.73. The van der Waals surface area contributed by atoms with Crippen LogP contribution in [-0.2, 0) is 23.8 Å². The molecule has 0 amide bonds. The van der Waals surface area contributed by atoms with Crippen molar-refractivity contribution in [3.8, 4) is 0 Å². The number of carbonyl (C=O) groups is 2. The summed E-state index contributed by atoms with van der Waals surface area (Å²) < 4.78 is 14.8. The van der Waals surface area contributed by atoms with Gasteiger partial charge < -0.3 is 50.0 Å². The maximum absolute atomic E-state index is 11.2. The number of carboxylic acid groups (broad SMARTS) is 1. The van der Waals surface area contributed by atoms with Gasteiger partial charge >= 0.3 is 11.9 Å². The van der Waals surface area contributed by atoms with Gasteiger partial charge in [0.05, 0.1) is 13.2 Å². The van der Waals surface area contributed by atoms with Gasteiger partial charge in [-0.05, 0) is 0 Å². The van der Waals surface area contributed by atoms with E-state index in [-0.39, 0.29) is 0 Å². The van der Waals surface area contributed by atoms with Gasteiger partial charge in [-0.25, -0.2) is 0 Å². The minimum absolute atomic E-state index is 0.440. The van der Waals surface area contributed by atoms with Crippen LogP contribution in [0.5, 0.6) is 0 Å². The molecule has 0 saturated carbocycles. The SMILES string of the molecule is O=C(O)CC(=O)OC[C@H]1OC[C@@](O)(C2OC[C@@H](O)[C@H](O)[C@H]2O)[C](O)[C@@H]1O. The van der Waals surface area contributed by atoms with Gasteiger partial charge in [-0.1, -0.05) is 0 Å². The molecule has 0 aliphatic carbocycles. The Morgan fingerprint density at radius 2 is 1.81 bits per heavy atom. The van der Waals surface area contributed by atoms with E-state index in [0.29, 0.717) is 0 Å². The van der Waals surface area contributed by atoms with Crippen molar-refractivity contribution in [1.29, 1.82) is 0 Å². The monoisotopic (exact) mass is 381 g/mol. The molecule has 2 rings (SSSR count). The van der Waals surface area contributed by atoms with E-state index in [1.54, 1.807) is 0 Å². The summed E-state index contributed by atoms with van der Waals surface area (Å²) in [4.78, 5) is 21.6. The van der Waals surface area contributed by atoms with E-state index in [1.807, 2.05) is 0 Å². The first-order valence-corrected chi connectivity index (χ1v) is 7.69. The third-order valence-electron chi connectivity index (χ3n) is 4.27. The van der Waals surface area contributed by atoms with Crippen LogP contribution in [-0.4, -0.2) is 110 Å². The standard InChI is InChI=1S/C14H21O12/c15-5-2-25-13(11(21)9(5)19)14(23)4-26-6(10(20)12(14)22)3-24-8(18)1-7(16)17/h5-6,9-11,13,15,19-23H,1-4H2,(H,16,17)/t5-,6-,9+,10-,11-,13?,14+/m1/s1. The summed E-state index contributed by atoms with van der Waals surface area (Å²) in [7, 11) is 0. The molecule has 0 aromatic heterocycles. The maximum Gasteiger partial charge on any atom is 0.317 e. The molecule has 0 aromatic rings. The number of ether oxygens (including phenoxy) is 3. The second kappa shape index (κ2) is 8.10. The molecule has 12 heteroatoms. The summed E-state index contributed by atoms with van der Waals surface area (Å²) in [5.41, 5.74) is -2.40. The number of hydrogen-bond acceptors (Lipinski definition) is 11. The van der Waals surface area contributed by atoms with Crippen molar-refractivity contribution in [2.24, 2.45) is 0 Å². The molecule has 0 aromatic carbocycles. The third kappa shape index (κ3) is 4.13. The highest BCUT2D eigenvalue weighted by molar-refractivity contribution is 5.90. The molecular weight excluding hydrogens is 360 g/mol. The van der Waals surface area contributed by atoms with Gasteiger partial charge in [0.25, 0.3) is 0 Å². The first-order valence-electron chi connectivity index (χ1n) is 7.69. The number of rotatable bonds is 5. The van der Waals surface area contributed by atoms with E-state index < -0.39 is 86.5 Å². The Labute approximate surface area is 147 Å². The van der Waals surface area contributed by atoms with Crippen molar-refractivity contribution in [3.63, 3.8) is 0 Å². The molecule has 1 unspecified atom stereocenters. The van der Waals surface area contributed by atoms with Crippen molar-refractivity contribution < 1.29 is 59.5 Å². The highest BCUT2D eigenvalue weighted by Crippen LogP contribution is 2.37. The first kappa shape index (κ1) is 20.9. The third-order valence-corrected chi connectivity index (χ3v) is 4.27. The Morgan fingerprint density at radius 3 is 2.42 bits per heavy atom. The second-order valence-corrected chi connectivity index (χ2v) is 6.16. The van der Waals surface area contributed by atoms with Crippen LogP contribution in [0.3, 0.4) is 0 Å². The number of aliphatic hydroxyl groups is 6. The molecule has 7 atom stereocenters. The highest BCUT2D eigenvalue weighted by atomic mass is 16.6. The Hall–Kier alpha value is -1.38. The van der Waals surface area contributed by atoms with Crippen LogP contribution < -0.4 is 0 Å². The summed E-state index contributed by atoms with van der Waals surface area (Å²) in [6, 6.07) is 0. The fourth-order valence-electron chi connectivity index (χ4n) is 2.77. The predicted octanol–water partition coefficient (Wildman–Crippen LogP) is -4.12. The van der Waals surface area contributed by atoms with Crippen LogP contribution in [0.15, 0.2) is 0 Å². The number of carboxylic acids is 1. The molecule has 2 heterocycles. The molecule has 2 fully saturated rings. The van der Waals surface area contributed by atoms with E-state index in [9.17, 15) is 40.2 Å². The van der Waals surface area contributed by atoms with Gasteiger partial charge in [0, 0.05) is 0 Å². The van der Waals surface area contributed by atoms with Crippen LogP contribution in [0.1, 0.15) is 6.42 Å². The predicted molar refractivity (Wildman–Crippen MR) is 76.8 cm³/mol. The zero-order valence-corrected chi connectivity index (χ0v) is 13.5. The lowest BCUT2D eigenvalue weighted by atomic mass is 9.79. The second-order valence-electron chi connectivity index (χ2n) is 6.16. The average Bonchev–Trinajstić information content (AvgIpc) is 2.56. The Bertz CT molecular complexity index is 526. The number of carbonyl (C=O) groups excluding carboxylic acids is 1. The number of aliphatic carboxylic acids is 1. The number of esters is 1. The van der Waals surface area contributed by atoms with Crippen molar-refractivity contribution >= 4 is 11.9 Å². The largest absolute Gasteiger partial charge is 0.481 e. The molecule has 2 aliphatic rings. The van der Waals surface area contributed by atoms with Crippen molar-refractivity contribution in [2.45, 2.75) is 48.6 Å².